The van der Waals surface area contributed by atoms with Crippen LogP contribution in [0.3, 0.4) is 0 Å². The van der Waals surface area contributed by atoms with E-state index in [2.05, 4.69) is 26.6 Å². The Kier molecular flexibility index (Phi) is 7.77. The van der Waals surface area contributed by atoms with Gasteiger partial charge in [-0.2, -0.15) is 0 Å². The number of rotatable bonds is 8. The number of carbonyl (C=O) groups excluding carboxylic acids is 2. The summed E-state index contributed by atoms with van der Waals surface area (Å²) in [6, 6.07) is 11.1. The van der Waals surface area contributed by atoms with Crippen LogP contribution in [0.5, 0.6) is 5.75 Å². The van der Waals surface area contributed by atoms with Crippen molar-refractivity contribution in [2.75, 3.05) is 32.6 Å². The van der Waals surface area contributed by atoms with Crippen molar-refractivity contribution >= 4 is 43.5 Å². The van der Waals surface area contributed by atoms with Crippen LogP contribution in [0.2, 0.25) is 0 Å². The summed E-state index contributed by atoms with van der Waals surface area (Å²) in [5.74, 6) is -0.284. The molecule has 2 N–H and O–H groups in total. The fraction of sp³-hybridized carbons (Fsp3) is 0.263. The molecule has 0 aliphatic heterocycles. The average molecular weight is 484 g/mol. The van der Waals surface area contributed by atoms with Gasteiger partial charge in [-0.1, -0.05) is 0 Å². The lowest BCUT2D eigenvalue weighted by atomic mass is 10.2. The summed E-state index contributed by atoms with van der Waals surface area (Å²) in [7, 11) is -0.921. The lowest BCUT2D eigenvalue weighted by molar-refractivity contribution is -0.115. The molecule has 0 saturated carbocycles. The third kappa shape index (κ3) is 6.02. The molecule has 156 valence electrons. The van der Waals surface area contributed by atoms with E-state index >= 15 is 0 Å². The Morgan fingerprint density at radius 3 is 2.34 bits per heavy atom. The van der Waals surface area contributed by atoms with Gasteiger partial charge in [-0.25, -0.2) is 12.7 Å². The largest absolute Gasteiger partial charge is 0.494 e. The first-order valence-electron chi connectivity index (χ1n) is 8.68. The Morgan fingerprint density at radius 2 is 1.76 bits per heavy atom. The van der Waals surface area contributed by atoms with Gasteiger partial charge in [-0.15, -0.1) is 0 Å². The second kappa shape index (κ2) is 9.86. The first-order chi connectivity index (χ1) is 13.6. The number of ether oxygens (including phenoxy) is 1. The monoisotopic (exact) mass is 483 g/mol. The van der Waals surface area contributed by atoms with Crippen molar-refractivity contribution in [3.8, 4) is 5.75 Å². The second-order valence-corrected chi connectivity index (χ2v) is 9.10. The third-order valence-corrected chi connectivity index (χ3v) is 6.62. The zero-order valence-corrected chi connectivity index (χ0v) is 18.6. The van der Waals surface area contributed by atoms with Gasteiger partial charge in [0.15, 0.2) is 0 Å². The standard InChI is InChI=1S/C19H22BrN3O5S/c1-4-28-15-8-6-14(7-9-15)22-18(24)12-21-19(25)13-5-10-16(20)17(11-13)29(26,27)23(2)3/h5-11H,4,12H2,1-3H3,(H,21,25)(H,22,24). The zero-order chi connectivity index (χ0) is 21.6. The molecule has 2 amide bonds. The zero-order valence-electron chi connectivity index (χ0n) is 16.2. The summed E-state index contributed by atoms with van der Waals surface area (Å²) >= 11 is 3.19. The highest BCUT2D eigenvalue weighted by Crippen LogP contribution is 2.25. The van der Waals surface area contributed by atoms with Gasteiger partial charge in [0.25, 0.3) is 5.91 Å². The number of sulfonamides is 1. The normalized spacial score (nSPS) is 11.2. The van der Waals surface area contributed by atoms with Crippen LogP contribution in [0.4, 0.5) is 5.69 Å². The molecule has 0 aliphatic carbocycles. The molecule has 0 spiro atoms. The van der Waals surface area contributed by atoms with E-state index in [1.165, 1.54) is 32.3 Å². The van der Waals surface area contributed by atoms with Crippen LogP contribution in [0, 0.1) is 0 Å². The molecule has 0 heterocycles. The van der Waals surface area contributed by atoms with Crippen LogP contribution in [0.1, 0.15) is 17.3 Å². The molecule has 2 rings (SSSR count). The number of carbonyl (C=O) groups is 2. The number of nitrogens with zero attached hydrogens (tertiary/aromatic N) is 1. The number of halogens is 1. The number of amides is 2. The molecular weight excluding hydrogens is 462 g/mol. The van der Waals surface area contributed by atoms with E-state index in [4.69, 9.17) is 4.74 Å². The minimum absolute atomic E-state index is 0.0333. The minimum atomic E-state index is -3.73. The van der Waals surface area contributed by atoms with Gasteiger partial charge in [-0.3, -0.25) is 9.59 Å². The average Bonchev–Trinajstić information content (AvgIpc) is 2.68. The molecule has 8 nitrogen and oxygen atoms in total. The highest BCUT2D eigenvalue weighted by atomic mass is 79.9. The molecule has 0 atom stereocenters. The molecule has 0 unspecified atom stereocenters. The SMILES string of the molecule is CCOc1ccc(NC(=O)CNC(=O)c2ccc(Br)c(S(=O)(=O)N(C)C)c2)cc1. The number of anilines is 1. The molecule has 0 saturated heterocycles. The Labute approximate surface area is 178 Å². The van der Waals surface area contributed by atoms with E-state index < -0.39 is 21.8 Å². The van der Waals surface area contributed by atoms with E-state index in [0.29, 0.717) is 22.5 Å². The van der Waals surface area contributed by atoms with Crippen LogP contribution in [-0.4, -0.2) is 51.8 Å². The lowest BCUT2D eigenvalue weighted by Gasteiger charge is -2.14. The summed E-state index contributed by atoms with van der Waals surface area (Å²) in [6.07, 6.45) is 0. The van der Waals surface area contributed by atoms with Gasteiger partial charge >= 0.3 is 0 Å². The maximum absolute atomic E-state index is 12.4. The predicted octanol–water partition coefficient (Wildman–Crippen LogP) is 2.47. The number of benzene rings is 2. The van der Waals surface area contributed by atoms with E-state index in [-0.39, 0.29) is 17.0 Å². The summed E-state index contributed by atoms with van der Waals surface area (Å²) < 4.78 is 31.4. The van der Waals surface area contributed by atoms with E-state index in [1.807, 2.05) is 6.92 Å². The van der Waals surface area contributed by atoms with E-state index in [1.54, 1.807) is 24.3 Å². The van der Waals surface area contributed by atoms with Crippen LogP contribution < -0.4 is 15.4 Å². The van der Waals surface area contributed by atoms with Gasteiger partial charge in [0.2, 0.25) is 15.9 Å². The van der Waals surface area contributed by atoms with Crippen molar-refractivity contribution in [3.05, 3.63) is 52.5 Å². The van der Waals surface area contributed by atoms with E-state index in [0.717, 1.165) is 4.31 Å². The Bertz CT molecular complexity index is 991. The van der Waals surface area contributed by atoms with E-state index in [9.17, 15) is 18.0 Å². The van der Waals surface area contributed by atoms with Crippen molar-refractivity contribution in [1.82, 2.24) is 9.62 Å². The fourth-order valence-corrected chi connectivity index (χ4v) is 4.15. The van der Waals surface area contributed by atoms with Crippen molar-refractivity contribution in [2.24, 2.45) is 0 Å². The van der Waals surface area contributed by atoms with Crippen molar-refractivity contribution in [2.45, 2.75) is 11.8 Å². The Balaban J connectivity index is 2.01. The molecule has 0 bridgehead atoms. The predicted molar refractivity (Wildman–Crippen MR) is 114 cm³/mol. The lowest BCUT2D eigenvalue weighted by Crippen LogP contribution is -2.33. The van der Waals surface area contributed by atoms with Gasteiger partial charge in [-0.05, 0) is 65.3 Å². The second-order valence-electron chi connectivity index (χ2n) is 6.12. The topological polar surface area (TPSA) is 105 Å². The Hall–Kier alpha value is -2.43. The van der Waals surface area contributed by atoms with Crippen LogP contribution in [0.25, 0.3) is 0 Å². The highest BCUT2D eigenvalue weighted by molar-refractivity contribution is 9.10. The quantitative estimate of drug-likeness (QED) is 0.599. The summed E-state index contributed by atoms with van der Waals surface area (Å²) in [6.45, 7) is 2.16. The third-order valence-electron chi connectivity index (χ3n) is 3.81. The Morgan fingerprint density at radius 1 is 1.10 bits per heavy atom. The van der Waals surface area contributed by atoms with Crippen molar-refractivity contribution < 1.29 is 22.7 Å². The molecular formula is C19H22BrN3O5S. The summed E-state index contributed by atoms with van der Waals surface area (Å²) in [5, 5.41) is 5.14. The molecule has 2 aromatic rings. The number of hydrogen-bond acceptors (Lipinski definition) is 5. The molecule has 10 heteroatoms. The molecule has 0 aromatic heterocycles. The summed E-state index contributed by atoms with van der Waals surface area (Å²) in [4.78, 5) is 24.4. The van der Waals surface area contributed by atoms with Gasteiger partial charge < -0.3 is 15.4 Å². The molecule has 29 heavy (non-hydrogen) atoms. The van der Waals surface area contributed by atoms with Crippen LogP contribution >= 0.6 is 15.9 Å². The maximum atomic E-state index is 12.4. The first kappa shape index (κ1) is 22.9. The van der Waals surface area contributed by atoms with Gasteiger partial charge in [0.1, 0.15) is 5.75 Å². The van der Waals surface area contributed by atoms with Gasteiger partial charge in [0.05, 0.1) is 18.0 Å². The highest BCUT2D eigenvalue weighted by Gasteiger charge is 2.22. The van der Waals surface area contributed by atoms with Crippen molar-refractivity contribution in [1.29, 1.82) is 0 Å². The number of hydrogen-bond donors (Lipinski definition) is 2. The molecule has 2 aromatic carbocycles. The minimum Gasteiger partial charge on any atom is -0.494 e. The van der Waals surface area contributed by atoms with Crippen molar-refractivity contribution in [3.63, 3.8) is 0 Å². The summed E-state index contributed by atoms with van der Waals surface area (Å²) in [5.41, 5.74) is 0.693. The molecule has 0 aliphatic rings. The van der Waals surface area contributed by atoms with Gasteiger partial charge in [0, 0.05) is 29.8 Å². The number of nitrogens with one attached hydrogen (secondary N) is 2. The molecule has 0 radical (unpaired) electrons. The maximum Gasteiger partial charge on any atom is 0.251 e. The van der Waals surface area contributed by atoms with Crippen LogP contribution in [0.15, 0.2) is 51.8 Å². The fourth-order valence-electron chi connectivity index (χ4n) is 2.31. The first-order valence-corrected chi connectivity index (χ1v) is 10.9. The smallest absolute Gasteiger partial charge is 0.251 e. The molecule has 0 fully saturated rings. The van der Waals surface area contributed by atoms with Crippen LogP contribution in [-0.2, 0) is 14.8 Å².